The van der Waals surface area contributed by atoms with Crippen LogP contribution in [0.1, 0.15) is 194 Å². The first-order chi connectivity index (χ1) is 24.7. The summed E-state index contributed by atoms with van der Waals surface area (Å²) in [6.07, 6.45) is 30.6. The summed E-state index contributed by atoms with van der Waals surface area (Å²) in [5.41, 5.74) is 0. The fourth-order valence-electron chi connectivity index (χ4n) is 5.84. The number of nitrogens with one attached hydrogen (secondary N) is 1. The van der Waals surface area contributed by atoms with Gasteiger partial charge in [-0.3, -0.25) is 23.4 Å². The summed E-state index contributed by atoms with van der Waals surface area (Å²) in [7, 11) is -4.52. The highest BCUT2D eigenvalue weighted by Gasteiger charge is 2.26. The Morgan fingerprint density at radius 1 is 0.569 bits per heavy atom. The monoisotopic (exact) mass is 750 g/mol. The minimum Gasteiger partial charge on any atom is -0.480 e. The second-order valence-corrected chi connectivity index (χ2v) is 15.4. The number of aliphatic carboxylic acids is 1. The lowest BCUT2D eigenvalue weighted by molar-refractivity contribution is -0.161. The van der Waals surface area contributed by atoms with Crippen molar-refractivity contribution in [2.75, 3.05) is 32.9 Å². The molecule has 1 unspecified atom stereocenters. The summed E-state index contributed by atoms with van der Waals surface area (Å²) in [5, 5.41) is 11.2. The number of esters is 2. The second kappa shape index (κ2) is 36.8. The van der Waals surface area contributed by atoms with Crippen LogP contribution >= 0.6 is 7.82 Å². The molecule has 0 radical (unpaired) electrons. The van der Waals surface area contributed by atoms with Crippen LogP contribution in [0.3, 0.4) is 0 Å². The van der Waals surface area contributed by atoms with Crippen LogP contribution in [-0.4, -0.2) is 66.9 Å². The van der Waals surface area contributed by atoms with Crippen LogP contribution in [0, 0.1) is 0 Å². The summed E-state index contributed by atoms with van der Waals surface area (Å²) in [5.74, 6) is -1.96. The normalized spacial score (nSPS) is 13.2. The summed E-state index contributed by atoms with van der Waals surface area (Å²) in [6.45, 7) is 3.13. The predicted molar refractivity (Wildman–Crippen MR) is 204 cm³/mol. The van der Waals surface area contributed by atoms with E-state index in [4.69, 9.17) is 23.6 Å². The first-order valence-electron chi connectivity index (χ1n) is 20.6. The Labute approximate surface area is 310 Å². The maximum atomic E-state index is 12.6. The number of unbranched alkanes of at least 4 members (excludes halogenated alkanes) is 24. The van der Waals surface area contributed by atoms with Crippen molar-refractivity contribution in [2.45, 2.75) is 200 Å². The molecule has 0 fully saturated rings. The van der Waals surface area contributed by atoms with Crippen LogP contribution in [0.4, 0.5) is 0 Å². The highest BCUT2D eigenvalue weighted by molar-refractivity contribution is 7.47. The molecule has 2 atom stereocenters. The first kappa shape index (κ1) is 49.5. The highest BCUT2D eigenvalue weighted by atomic mass is 31.2. The van der Waals surface area contributed by atoms with Crippen molar-refractivity contribution in [1.82, 2.24) is 5.32 Å². The molecule has 51 heavy (non-hydrogen) atoms. The van der Waals surface area contributed by atoms with Crippen LogP contribution in [0.2, 0.25) is 0 Å². The maximum absolute atomic E-state index is 12.6. The molecule has 0 amide bonds. The summed E-state index contributed by atoms with van der Waals surface area (Å²) in [4.78, 5) is 45.6. The lowest BCUT2D eigenvalue weighted by Gasteiger charge is -2.20. The molecule has 0 heterocycles. The fourth-order valence-corrected chi connectivity index (χ4v) is 6.59. The van der Waals surface area contributed by atoms with Crippen LogP contribution in [-0.2, 0) is 37.5 Å². The van der Waals surface area contributed by atoms with Gasteiger partial charge in [0.2, 0.25) is 0 Å². The molecule has 0 saturated heterocycles. The number of ether oxygens (including phenoxy) is 2. The van der Waals surface area contributed by atoms with E-state index >= 15 is 0 Å². The molecule has 0 aromatic carbocycles. The molecule has 11 nitrogen and oxygen atoms in total. The van der Waals surface area contributed by atoms with Crippen molar-refractivity contribution in [3.05, 3.63) is 0 Å². The first-order valence-corrected chi connectivity index (χ1v) is 22.1. The summed E-state index contributed by atoms with van der Waals surface area (Å²) in [6, 6.07) is 0. The summed E-state index contributed by atoms with van der Waals surface area (Å²) >= 11 is 0. The zero-order valence-electron chi connectivity index (χ0n) is 32.5. The maximum Gasteiger partial charge on any atom is 0.472 e. The van der Waals surface area contributed by atoms with E-state index in [-0.39, 0.29) is 39.1 Å². The lowest BCUT2D eigenvalue weighted by Crippen LogP contribution is -2.30. The van der Waals surface area contributed by atoms with E-state index in [1.807, 2.05) is 0 Å². The van der Waals surface area contributed by atoms with Gasteiger partial charge in [-0.15, -0.1) is 0 Å². The molecule has 0 spiro atoms. The lowest BCUT2D eigenvalue weighted by atomic mass is 10.0. The zero-order chi connectivity index (χ0) is 37.7. The SMILES string of the molecule is CCCCCCCCCCCCCCCC(=O)OC[C@H](COP(=O)(O)OCCNCC(=O)O)OC(=O)CCCCCCCCCCCCCCC. The van der Waals surface area contributed by atoms with Gasteiger partial charge < -0.3 is 24.8 Å². The molecule has 0 aromatic heterocycles. The number of carboxylic acids is 1. The third kappa shape index (κ3) is 38.0. The molecule has 0 saturated carbocycles. The smallest absolute Gasteiger partial charge is 0.472 e. The minimum absolute atomic E-state index is 0.0224. The number of carboxylic acid groups (broad SMARTS) is 1. The predicted octanol–water partition coefficient (Wildman–Crippen LogP) is 10.2. The Balaban J connectivity index is 4.38. The molecule has 0 aliphatic carbocycles. The molecule has 0 bridgehead atoms. The van der Waals surface area contributed by atoms with Gasteiger partial charge in [0.25, 0.3) is 0 Å². The molecule has 0 rings (SSSR count). The Kier molecular flexibility index (Phi) is 35.7. The van der Waals surface area contributed by atoms with Gasteiger partial charge >= 0.3 is 25.7 Å². The highest BCUT2D eigenvalue weighted by Crippen LogP contribution is 2.43. The van der Waals surface area contributed by atoms with Crippen LogP contribution in [0.15, 0.2) is 0 Å². The van der Waals surface area contributed by atoms with Gasteiger partial charge in [-0.2, -0.15) is 0 Å². The summed E-state index contributed by atoms with van der Waals surface area (Å²) < 4.78 is 33.1. The zero-order valence-corrected chi connectivity index (χ0v) is 33.4. The third-order valence-corrected chi connectivity index (χ3v) is 9.91. The Bertz CT molecular complexity index is 875. The van der Waals surface area contributed by atoms with Crippen molar-refractivity contribution in [3.63, 3.8) is 0 Å². The van der Waals surface area contributed by atoms with E-state index in [9.17, 15) is 23.8 Å². The van der Waals surface area contributed by atoms with Gasteiger partial charge in [0, 0.05) is 19.4 Å². The van der Waals surface area contributed by atoms with E-state index in [0.29, 0.717) is 12.8 Å². The molecule has 0 aliphatic rings. The van der Waals surface area contributed by atoms with E-state index < -0.39 is 38.4 Å². The van der Waals surface area contributed by atoms with Gasteiger partial charge in [0.15, 0.2) is 6.10 Å². The molecular formula is C39H76NO10P. The fraction of sp³-hybridized carbons (Fsp3) is 0.923. The Hall–Kier alpha value is -1.52. The van der Waals surface area contributed by atoms with Crippen LogP contribution in [0.5, 0.6) is 0 Å². The van der Waals surface area contributed by atoms with Crippen molar-refractivity contribution in [2.24, 2.45) is 0 Å². The van der Waals surface area contributed by atoms with Gasteiger partial charge in [0.05, 0.1) is 19.8 Å². The van der Waals surface area contributed by atoms with Gasteiger partial charge in [-0.1, -0.05) is 168 Å². The molecular weight excluding hydrogens is 673 g/mol. The quantitative estimate of drug-likeness (QED) is 0.0311. The average Bonchev–Trinajstić information content (AvgIpc) is 3.09. The topological polar surface area (TPSA) is 158 Å². The number of carbonyl (C=O) groups is 3. The van der Waals surface area contributed by atoms with Crippen LogP contribution < -0.4 is 5.32 Å². The number of carbonyl (C=O) groups excluding carboxylic acids is 2. The largest absolute Gasteiger partial charge is 0.480 e. The van der Waals surface area contributed by atoms with Crippen molar-refractivity contribution in [3.8, 4) is 0 Å². The van der Waals surface area contributed by atoms with Crippen molar-refractivity contribution >= 4 is 25.7 Å². The Morgan fingerprint density at radius 3 is 1.37 bits per heavy atom. The van der Waals surface area contributed by atoms with E-state index in [0.717, 1.165) is 32.1 Å². The van der Waals surface area contributed by atoms with Gasteiger partial charge in [-0.05, 0) is 12.8 Å². The average molecular weight is 750 g/mol. The number of hydrogen-bond acceptors (Lipinski definition) is 9. The molecule has 302 valence electrons. The number of rotatable bonds is 40. The second-order valence-electron chi connectivity index (χ2n) is 13.9. The van der Waals surface area contributed by atoms with Gasteiger partial charge in [0.1, 0.15) is 6.61 Å². The minimum atomic E-state index is -4.52. The number of hydrogen-bond donors (Lipinski definition) is 3. The van der Waals surface area contributed by atoms with Crippen molar-refractivity contribution < 1.29 is 47.5 Å². The van der Waals surface area contributed by atoms with Crippen LogP contribution in [0.25, 0.3) is 0 Å². The Morgan fingerprint density at radius 2 is 0.961 bits per heavy atom. The van der Waals surface area contributed by atoms with Gasteiger partial charge in [-0.25, -0.2) is 4.57 Å². The third-order valence-electron chi connectivity index (χ3n) is 8.93. The number of phosphoric acid groups is 1. The molecule has 0 aromatic rings. The molecule has 0 aliphatic heterocycles. The molecule has 12 heteroatoms. The van der Waals surface area contributed by atoms with E-state index in [1.165, 1.54) is 122 Å². The molecule has 3 N–H and O–H groups in total. The standard InChI is InChI=1S/C39H76NO10P/c1-3-5-7-9-11-13-15-17-19-21-23-25-27-29-38(43)47-34-36(35-49-51(45,46)48-32-31-40-33-37(41)42)50-39(44)30-28-26-24-22-20-18-16-14-12-10-8-6-4-2/h36,40H,3-35H2,1-2H3,(H,41,42)(H,45,46)/t36-/m1/s1. The van der Waals surface area contributed by atoms with Crippen molar-refractivity contribution in [1.29, 1.82) is 0 Å². The van der Waals surface area contributed by atoms with E-state index in [2.05, 4.69) is 19.2 Å². The van der Waals surface area contributed by atoms with E-state index in [1.54, 1.807) is 0 Å². The number of phosphoric ester groups is 1.